The van der Waals surface area contributed by atoms with Crippen molar-refractivity contribution in [2.45, 2.75) is 19.3 Å². The third kappa shape index (κ3) is 4.15. The van der Waals surface area contributed by atoms with Gasteiger partial charge in [-0.3, -0.25) is 4.79 Å². The van der Waals surface area contributed by atoms with Gasteiger partial charge in [0.2, 0.25) is 0 Å². The first-order valence-electron chi connectivity index (χ1n) is 6.63. The molecule has 2 amide bonds. The van der Waals surface area contributed by atoms with Crippen LogP contribution in [0.1, 0.15) is 17.5 Å². The van der Waals surface area contributed by atoms with E-state index in [0.29, 0.717) is 6.54 Å². The minimum atomic E-state index is -0.925. The van der Waals surface area contributed by atoms with Crippen LogP contribution in [-0.4, -0.2) is 36.8 Å². The number of amides is 2. The fraction of sp³-hybridized carbons (Fsp3) is 0.429. The van der Waals surface area contributed by atoms with Gasteiger partial charge in [0.1, 0.15) is 5.75 Å². The van der Waals surface area contributed by atoms with E-state index in [4.69, 9.17) is 9.84 Å². The van der Waals surface area contributed by atoms with Gasteiger partial charge in [0.25, 0.3) is 0 Å². The van der Waals surface area contributed by atoms with Gasteiger partial charge in [-0.05, 0) is 23.6 Å². The van der Waals surface area contributed by atoms with Crippen LogP contribution in [0.3, 0.4) is 0 Å². The zero-order valence-electron chi connectivity index (χ0n) is 11.1. The average Bonchev–Trinajstić information content (AvgIpc) is 2.85. The second kappa shape index (κ2) is 6.79. The minimum Gasteiger partial charge on any atom is -0.493 e. The lowest BCUT2D eigenvalue weighted by molar-refractivity contribution is -0.136. The van der Waals surface area contributed by atoms with E-state index >= 15 is 0 Å². The highest BCUT2D eigenvalue weighted by Crippen LogP contribution is 2.25. The molecular weight excluding hydrogens is 260 g/mol. The molecule has 108 valence electrons. The summed E-state index contributed by atoms with van der Waals surface area (Å²) >= 11 is 0. The standard InChI is InChI=1S/C14H18N2O4/c17-13(18)4-7-16-14(19)15-6-3-10-1-2-12-11(9-10)5-8-20-12/h1-2,9H,3-8H2,(H,17,18)(H2,15,16,19). The lowest BCUT2D eigenvalue weighted by atomic mass is 10.1. The Hall–Kier alpha value is -2.24. The van der Waals surface area contributed by atoms with Gasteiger partial charge in [-0.2, -0.15) is 0 Å². The summed E-state index contributed by atoms with van der Waals surface area (Å²) < 4.78 is 5.43. The summed E-state index contributed by atoms with van der Waals surface area (Å²) in [6.45, 7) is 1.39. The van der Waals surface area contributed by atoms with Gasteiger partial charge >= 0.3 is 12.0 Å². The number of nitrogens with one attached hydrogen (secondary N) is 2. The van der Waals surface area contributed by atoms with E-state index in [1.54, 1.807) is 0 Å². The normalized spacial score (nSPS) is 12.4. The second-order valence-corrected chi connectivity index (χ2v) is 4.62. The van der Waals surface area contributed by atoms with E-state index in [2.05, 4.69) is 16.7 Å². The largest absolute Gasteiger partial charge is 0.493 e. The molecule has 1 aromatic carbocycles. The third-order valence-electron chi connectivity index (χ3n) is 3.08. The van der Waals surface area contributed by atoms with Crippen LogP contribution in [0.2, 0.25) is 0 Å². The molecule has 20 heavy (non-hydrogen) atoms. The van der Waals surface area contributed by atoms with Crippen molar-refractivity contribution in [3.05, 3.63) is 29.3 Å². The molecule has 1 aliphatic rings. The summed E-state index contributed by atoms with van der Waals surface area (Å²) in [7, 11) is 0. The summed E-state index contributed by atoms with van der Waals surface area (Å²) in [5.41, 5.74) is 2.37. The maximum absolute atomic E-state index is 11.4. The predicted octanol–water partition coefficient (Wildman–Crippen LogP) is 0.938. The van der Waals surface area contributed by atoms with Gasteiger partial charge in [-0.15, -0.1) is 0 Å². The van der Waals surface area contributed by atoms with Gasteiger partial charge in [-0.1, -0.05) is 12.1 Å². The lowest BCUT2D eigenvalue weighted by Crippen LogP contribution is -2.37. The molecule has 0 aliphatic carbocycles. The summed E-state index contributed by atoms with van der Waals surface area (Å²) in [6, 6.07) is 5.72. The van der Waals surface area contributed by atoms with Gasteiger partial charge in [-0.25, -0.2) is 4.79 Å². The van der Waals surface area contributed by atoms with Crippen molar-refractivity contribution in [1.82, 2.24) is 10.6 Å². The number of benzene rings is 1. The Morgan fingerprint density at radius 2 is 2.05 bits per heavy atom. The van der Waals surface area contributed by atoms with E-state index < -0.39 is 5.97 Å². The van der Waals surface area contributed by atoms with Crippen LogP contribution < -0.4 is 15.4 Å². The Bertz CT molecular complexity index is 502. The smallest absolute Gasteiger partial charge is 0.314 e. The summed E-state index contributed by atoms with van der Waals surface area (Å²) in [5.74, 6) is 0.0267. The Morgan fingerprint density at radius 3 is 2.85 bits per heavy atom. The monoisotopic (exact) mass is 278 g/mol. The first-order valence-corrected chi connectivity index (χ1v) is 6.63. The Balaban J connectivity index is 1.68. The van der Waals surface area contributed by atoms with Crippen LogP contribution in [0.4, 0.5) is 4.79 Å². The molecule has 1 aliphatic heterocycles. The minimum absolute atomic E-state index is 0.0712. The SMILES string of the molecule is O=C(O)CCNC(=O)NCCc1ccc2c(c1)CCO2. The van der Waals surface area contributed by atoms with E-state index in [1.807, 2.05) is 12.1 Å². The number of urea groups is 1. The van der Waals surface area contributed by atoms with Crippen LogP contribution in [-0.2, 0) is 17.6 Å². The molecule has 0 unspecified atom stereocenters. The zero-order chi connectivity index (χ0) is 14.4. The molecule has 6 nitrogen and oxygen atoms in total. The van der Waals surface area contributed by atoms with Crippen molar-refractivity contribution in [2.24, 2.45) is 0 Å². The fourth-order valence-electron chi connectivity index (χ4n) is 2.06. The van der Waals surface area contributed by atoms with Crippen molar-refractivity contribution in [3.8, 4) is 5.75 Å². The molecule has 0 atom stereocenters. The molecule has 3 N–H and O–H groups in total. The maximum Gasteiger partial charge on any atom is 0.314 e. The zero-order valence-corrected chi connectivity index (χ0v) is 11.1. The molecule has 0 fully saturated rings. The van der Waals surface area contributed by atoms with Crippen LogP contribution in [0.5, 0.6) is 5.75 Å². The first-order chi connectivity index (χ1) is 9.65. The van der Waals surface area contributed by atoms with Gasteiger partial charge < -0.3 is 20.5 Å². The van der Waals surface area contributed by atoms with Gasteiger partial charge in [0.05, 0.1) is 13.0 Å². The fourth-order valence-corrected chi connectivity index (χ4v) is 2.06. The average molecular weight is 278 g/mol. The van der Waals surface area contributed by atoms with Crippen molar-refractivity contribution in [3.63, 3.8) is 0 Å². The first kappa shape index (κ1) is 14.2. The van der Waals surface area contributed by atoms with E-state index in [9.17, 15) is 9.59 Å². The van der Waals surface area contributed by atoms with Crippen LogP contribution >= 0.6 is 0 Å². The number of hydrogen-bond acceptors (Lipinski definition) is 3. The lowest BCUT2D eigenvalue weighted by Gasteiger charge is -2.07. The number of hydrogen-bond donors (Lipinski definition) is 3. The summed E-state index contributed by atoms with van der Waals surface area (Å²) in [6.07, 6.45) is 1.60. The highest BCUT2D eigenvalue weighted by Gasteiger charge is 2.11. The van der Waals surface area contributed by atoms with Crippen LogP contribution in [0.25, 0.3) is 0 Å². The number of carbonyl (C=O) groups is 2. The molecule has 6 heteroatoms. The van der Waals surface area contributed by atoms with Crippen molar-refractivity contribution in [1.29, 1.82) is 0 Å². The molecule has 0 bridgehead atoms. The van der Waals surface area contributed by atoms with Crippen molar-refractivity contribution in [2.75, 3.05) is 19.7 Å². The quantitative estimate of drug-likeness (QED) is 0.722. The van der Waals surface area contributed by atoms with Gasteiger partial charge in [0.15, 0.2) is 0 Å². The number of carbonyl (C=O) groups excluding carboxylic acids is 1. The summed E-state index contributed by atoms with van der Waals surface area (Å²) in [5, 5.41) is 13.6. The van der Waals surface area contributed by atoms with E-state index in [-0.39, 0.29) is 19.0 Å². The predicted molar refractivity (Wildman–Crippen MR) is 73.0 cm³/mol. The summed E-state index contributed by atoms with van der Waals surface area (Å²) in [4.78, 5) is 21.7. The number of ether oxygens (including phenoxy) is 1. The van der Waals surface area contributed by atoms with Crippen molar-refractivity contribution < 1.29 is 19.4 Å². The molecule has 0 aromatic heterocycles. The van der Waals surface area contributed by atoms with Crippen LogP contribution in [0.15, 0.2) is 18.2 Å². The number of aliphatic carboxylic acids is 1. The number of carboxylic acids is 1. The topological polar surface area (TPSA) is 87.7 Å². The molecule has 0 saturated heterocycles. The molecule has 1 heterocycles. The third-order valence-corrected chi connectivity index (χ3v) is 3.08. The number of carboxylic acid groups (broad SMARTS) is 1. The molecule has 1 aromatic rings. The van der Waals surface area contributed by atoms with Crippen molar-refractivity contribution >= 4 is 12.0 Å². The second-order valence-electron chi connectivity index (χ2n) is 4.62. The highest BCUT2D eigenvalue weighted by molar-refractivity contribution is 5.74. The Labute approximate surface area is 117 Å². The maximum atomic E-state index is 11.4. The molecule has 0 radical (unpaired) electrons. The van der Waals surface area contributed by atoms with Crippen LogP contribution in [0, 0.1) is 0 Å². The van der Waals surface area contributed by atoms with E-state index in [1.165, 1.54) is 5.56 Å². The molecule has 0 spiro atoms. The molecule has 2 rings (SSSR count). The highest BCUT2D eigenvalue weighted by atomic mass is 16.5. The number of fused-ring (bicyclic) bond motifs is 1. The Morgan fingerprint density at radius 1 is 1.25 bits per heavy atom. The van der Waals surface area contributed by atoms with E-state index in [0.717, 1.165) is 30.8 Å². The van der Waals surface area contributed by atoms with Gasteiger partial charge in [0, 0.05) is 19.5 Å². The number of rotatable bonds is 6. The molecular formula is C14H18N2O4. The molecule has 0 saturated carbocycles. The Kier molecular flexibility index (Phi) is 4.81.